The first kappa shape index (κ1) is 14.7. The van der Waals surface area contributed by atoms with Gasteiger partial charge in [0.15, 0.2) is 0 Å². The maximum Gasteiger partial charge on any atom is 0.0652 e. The molecule has 1 nitrogen and oxygen atoms in total. The minimum Gasteiger partial charge on any atom is -0.392 e. The lowest BCUT2D eigenvalue weighted by atomic mass is 9.76. The molecule has 0 bridgehead atoms. The van der Waals surface area contributed by atoms with Crippen LogP contribution in [0.25, 0.3) is 21.5 Å². The molecule has 0 fully saturated rings. The second-order valence-electron chi connectivity index (χ2n) is 7.12. The van der Waals surface area contributed by atoms with Gasteiger partial charge in [-0.2, -0.15) is 0 Å². The first-order chi connectivity index (χ1) is 12.3. The van der Waals surface area contributed by atoms with Gasteiger partial charge in [0.25, 0.3) is 0 Å². The molecule has 1 aliphatic rings. The molecular formula is C24H20O. The highest BCUT2D eigenvalue weighted by atomic mass is 16.3. The number of hydrogen-bond donors (Lipinski definition) is 1. The number of benzene rings is 4. The van der Waals surface area contributed by atoms with Crippen molar-refractivity contribution < 1.29 is 5.11 Å². The molecule has 0 aliphatic heterocycles. The molecular weight excluding hydrogens is 304 g/mol. The van der Waals surface area contributed by atoms with E-state index in [2.05, 4.69) is 78.9 Å². The van der Waals surface area contributed by atoms with Crippen LogP contribution < -0.4 is 0 Å². The summed E-state index contributed by atoms with van der Waals surface area (Å²) in [5.41, 5.74) is 3.94. The summed E-state index contributed by atoms with van der Waals surface area (Å²) in [6, 6.07) is 28.0. The Morgan fingerprint density at radius 3 is 2.00 bits per heavy atom. The predicted molar refractivity (Wildman–Crippen MR) is 104 cm³/mol. The van der Waals surface area contributed by atoms with E-state index < -0.39 is 0 Å². The first-order valence-electron chi connectivity index (χ1n) is 8.96. The second kappa shape index (κ2) is 5.72. The minimum absolute atomic E-state index is 0.153. The van der Waals surface area contributed by atoms with Gasteiger partial charge in [-0.1, -0.05) is 78.9 Å². The highest BCUT2D eigenvalue weighted by Gasteiger charge is 2.29. The van der Waals surface area contributed by atoms with Gasteiger partial charge in [-0.25, -0.2) is 0 Å². The van der Waals surface area contributed by atoms with Crippen LogP contribution in [-0.4, -0.2) is 11.2 Å². The Labute approximate surface area is 147 Å². The normalized spacial score (nSPS) is 19.9. The summed E-state index contributed by atoms with van der Waals surface area (Å²) in [7, 11) is 0. The van der Waals surface area contributed by atoms with Crippen LogP contribution in [0.15, 0.2) is 78.9 Å². The molecule has 4 aromatic rings. The van der Waals surface area contributed by atoms with Crippen molar-refractivity contribution >= 4 is 21.5 Å². The van der Waals surface area contributed by atoms with Crippen LogP contribution in [0.3, 0.4) is 0 Å². The molecule has 1 heteroatoms. The molecule has 0 radical (unpaired) electrons. The lowest BCUT2D eigenvalue weighted by Crippen LogP contribution is -2.28. The number of rotatable bonds is 1. The van der Waals surface area contributed by atoms with E-state index in [0.717, 1.165) is 12.8 Å². The summed E-state index contributed by atoms with van der Waals surface area (Å²) in [5.74, 6) is 0.153. The standard InChI is InChI=1S/C24H20O/c25-24-15-20-13-18-8-2-1-7-17(18)12-19(20)14-23(24)22-11-5-9-16-6-3-4-10-21(16)22/h1-13,23-25H,14-15H2/t23-,24-/m0/s1. The van der Waals surface area contributed by atoms with Gasteiger partial charge >= 0.3 is 0 Å². The van der Waals surface area contributed by atoms with Crippen molar-refractivity contribution in [1.82, 2.24) is 0 Å². The van der Waals surface area contributed by atoms with E-state index >= 15 is 0 Å². The molecule has 5 rings (SSSR count). The van der Waals surface area contributed by atoms with Crippen LogP contribution >= 0.6 is 0 Å². The van der Waals surface area contributed by atoms with E-state index in [0.29, 0.717) is 0 Å². The monoisotopic (exact) mass is 324 g/mol. The maximum atomic E-state index is 10.9. The molecule has 122 valence electrons. The summed E-state index contributed by atoms with van der Waals surface area (Å²) >= 11 is 0. The molecule has 1 N–H and O–H groups in total. The van der Waals surface area contributed by atoms with Gasteiger partial charge in [0.05, 0.1) is 6.10 Å². The number of aliphatic hydroxyl groups is 1. The highest BCUT2D eigenvalue weighted by molar-refractivity contribution is 5.87. The van der Waals surface area contributed by atoms with Crippen LogP contribution in [-0.2, 0) is 12.8 Å². The second-order valence-corrected chi connectivity index (χ2v) is 7.12. The van der Waals surface area contributed by atoms with Crippen LogP contribution in [0.4, 0.5) is 0 Å². The van der Waals surface area contributed by atoms with Crippen LogP contribution in [0.2, 0.25) is 0 Å². The van der Waals surface area contributed by atoms with Crippen molar-refractivity contribution in [3.63, 3.8) is 0 Å². The van der Waals surface area contributed by atoms with E-state index in [1.807, 2.05) is 0 Å². The van der Waals surface area contributed by atoms with Crippen molar-refractivity contribution in [2.75, 3.05) is 0 Å². The van der Waals surface area contributed by atoms with E-state index in [9.17, 15) is 5.11 Å². The zero-order valence-electron chi connectivity index (χ0n) is 14.0. The van der Waals surface area contributed by atoms with Crippen molar-refractivity contribution in [3.8, 4) is 0 Å². The summed E-state index contributed by atoms with van der Waals surface area (Å²) in [5, 5.41) is 16.0. The first-order valence-corrected chi connectivity index (χ1v) is 8.96. The van der Waals surface area contributed by atoms with Gasteiger partial charge in [-0.3, -0.25) is 0 Å². The third-order valence-electron chi connectivity index (χ3n) is 5.62. The summed E-state index contributed by atoms with van der Waals surface area (Å²) < 4.78 is 0. The number of aliphatic hydroxyl groups excluding tert-OH is 1. The Morgan fingerprint density at radius 2 is 1.24 bits per heavy atom. The fourth-order valence-electron chi connectivity index (χ4n) is 4.35. The SMILES string of the molecule is O[C@H]1Cc2cc3ccccc3cc2C[C@H]1c1cccc2ccccc12. The molecule has 0 aromatic heterocycles. The molecule has 0 amide bonds. The fraction of sp³-hybridized carbons (Fsp3) is 0.167. The molecule has 0 heterocycles. The third kappa shape index (κ3) is 2.43. The zero-order valence-corrected chi connectivity index (χ0v) is 14.0. The maximum absolute atomic E-state index is 10.9. The van der Waals surface area contributed by atoms with Crippen LogP contribution in [0.1, 0.15) is 22.6 Å². The highest BCUT2D eigenvalue weighted by Crippen LogP contribution is 2.37. The molecule has 0 saturated heterocycles. The third-order valence-corrected chi connectivity index (χ3v) is 5.62. The van der Waals surface area contributed by atoms with E-state index in [4.69, 9.17) is 0 Å². The van der Waals surface area contributed by atoms with Crippen molar-refractivity contribution in [3.05, 3.63) is 95.6 Å². The lowest BCUT2D eigenvalue weighted by Gasteiger charge is -2.31. The van der Waals surface area contributed by atoms with Crippen LogP contribution in [0, 0.1) is 0 Å². The summed E-state index contributed by atoms with van der Waals surface area (Å²) in [4.78, 5) is 0. The van der Waals surface area contributed by atoms with Gasteiger partial charge < -0.3 is 5.11 Å². The van der Waals surface area contributed by atoms with E-state index in [1.54, 1.807) is 0 Å². The number of fused-ring (bicyclic) bond motifs is 3. The van der Waals surface area contributed by atoms with Crippen molar-refractivity contribution in [1.29, 1.82) is 0 Å². The quantitative estimate of drug-likeness (QED) is 0.508. The van der Waals surface area contributed by atoms with Gasteiger partial charge in [-0.05, 0) is 51.1 Å². The summed E-state index contributed by atoms with van der Waals surface area (Å²) in [6.07, 6.45) is 1.29. The zero-order chi connectivity index (χ0) is 16.8. The van der Waals surface area contributed by atoms with Gasteiger partial charge in [0.1, 0.15) is 0 Å². The Hall–Kier alpha value is -2.64. The van der Waals surface area contributed by atoms with Crippen molar-refractivity contribution in [2.24, 2.45) is 0 Å². The molecule has 2 atom stereocenters. The van der Waals surface area contributed by atoms with Gasteiger partial charge in [-0.15, -0.1) is 0 Å². The van der Waals surface area contributed by atoms with E-state index in [-0.39, 0.29) is 12.0 Å². The van der Waals surface area contributed by atoms with Crippen LogP contribution in [0.5, 0.6) is 0 Å². The molecule has 25 heavy (non-hydrogen) atoms. The predicted octanol–water partition coefficient (Wildman–Crippen LogP) is 5.24. The molecule has 4 aromatic carbocycles. The fourth-order valence-corrected chi connectivity index (χ4v) is 4.35. The Morgan fingerprint density at radius 1 is 0.640 bits per heavy atom. The van der Waals surface area contributed by atoms with Gasteiger partial charge in [0, 0.05) is 5.92 Å². The summed E-state index contributed by atoms with van der Waals surface area (Å²) in [6.45, 7) is 0. The molecule has 0 saturated carbocycles. The van der Waals surface area contributed by atoms with Gasteiger partial charge in [0.2, 0.25) is 0 Å². The lowest BCUT2D eigenvalue weighted by molar-refractivity contribution is 0.136. The molecule has 0 unspecified atom stereocenters. The Kier molecular flexibility index (Phi) is 3.36. The average Bonchev–Trinajstić information content (AvgIpc) is 2.65. The largest absolute Gasteiger partial charge is 0.392 e. The topological polar surface area (TPSA) is 20.2 Å². The molecule has 1 aliphatic carbocycles. The Bertz CT molecular complexity index is 1070. The smallest absolute Gasteiger partial charge is 0.0652 e. The number of hydrogen-bond acceptors (Lipinski definition) is 1. The van der Waals surface area contributed by atoms with E-state index in [1.165, 1.54) is 38.2 Å². The Balaban J connectivity index is 1.63. The minimum atomic E-state index is -0.334. The molecule has 0 spiro atoms. The van der Waals surface area contributed by atoms with Crippen molar-refractivity contribution in [2.45, 2.75) is 24.9 Å². The average molecular weight is 324 g/mol.